The fourth-order valence-electron chi connectivity index (χ4n) is 3.90. The predicted octanol–water partition coefficient (Wildman–Crippen LogP) is 5.85. The monoisotopic (exact) mass is 493 g/mol. The molecular formula is C25H18F3N5OS. The zero-order chi connectivity index (χ0) is 24.6. The summed E-state index contributed by atoms with van der Waals surface area (Å²) in [7, 11) is 0.175. The van der Waals surface area contributed by atoms with Gasteiger partial charge in [0, 0.05) is 18.8 Å². The van der Waals surface area contributed by atoms with Gasteiger partial charge < -0.3 is 4.57 Å². The molecule has 0 saturated heterocycles. The van der Waals surface area contributed by atoms with Gasteiger partial charge in [-0.1, -0.05) is 30.3 Å². The van der Waals surface area contributed by atoms with Crippen LogP contribution in [0.1, 0.15) is 5.56 Å². The molecule has 10 heteroatoms. The number of halogens is 3. The first kappa shape index (κ1) is 22.7. The second-order valence-electron chi connectivity index (χ2n) is 7.80. The Bertz CT molecular complexity index is 1550. The molecule has 1 atom stereocenters. The van der Waals surface area contributed by atoms with Crippen LogP contribution in [0.15, 0.2) is 90.6 Å². The van der Waals surface area contributed by atoms with Gasteiger partial charge in [0.25, 0.3) is 0 Å². The summed E-state index contributed by atoms with van der Waals surface area (Å²) in [4.78, 5) is 12.5. The number of nitrogens with one attached hydrogen (secondary N) is 1. The molecule has 0 fully saturated rings. The van der Waals surface area contributed by atoms with Crippen molar-refractivity contribution in [3.05, 3.63) is 91.3 Å². The molecule has 0 aliphatic carbocycles. The van der Waals surface area contributed by atoms with E-state index in [1.807, 2.05) is 24.3 Å². The Balaban J connectivity index is 1.61. The summed E-state index contributed by atoms with van der Waals surface area (Å²) in [6, 6.07) is 16.2. The molecule has 176 valence electrons. The van der Waals surface area contributed by atoms with Crippen LogP contribution in [-0.2, 0) is 24.2 Å². The number of hydrogen-bond donors (Lipinski definition) is 1. The van der Waals surface area contributed by atoms with Gasteiger partial charge in [-0.2, -0.15) is 13.2 Å². The molecule has 2 aromatic heterocycles. The third-order valence-corrected chi connectivity index (χ3v) is 6.65. The van der Waals surface area contributed by atoms with E-state index in [1.54, 1.807) is 48.5 Å². The van der Waals surface area contributed by atoms with Gasteiger partial charge in [-0.15, -0.1) is 0 Å². The molecule has 0 aliphatic heterocycles. The first-order valence-electron chi connectivity index (χ1n) is 10.5. The summed E-state index contributed by atoms with van der Waals surface area (Å²) >= 11 is 0. The number of anilines is 1. The van der Waals surface area contributed by atoms with Crippen LogP contribution in [0.4, 0.5) is 19.0 Å². The minimum atomic E-state index is -4.47. The van der Waals surface area contributed by atoms with Crippen molar-refractivity contribution in [2.75, 3.05) is 4.72 Å². The van der Waals surface area contributed by atoms with Crippen molar-refractivity contribution < 1.29 is 17.4 Å². The minimum absolute atomic E-state index is 0.422. The molecule has 0 radical (unpaired) electrons. The summed E-state index contributed by atoms with van der Waals surface area (Å²) in [5.41, 5.74) is 1.65. The summed E-state index contributed by atoms with van der Waals surface area (Å²) in [5, 5.41) is 1.62. The number of hydrogen-bond acceptors (Lipinski definition) is 4. The third-order valence-electron chi connectivity index (χ3n) is 5.57. The van der Waals surface area contributed by atoms with Crippen molar-refractivity contribution in [3.8, 4) is 22.4 Å². The van der Waals surface area contributed by atoms with Crippen LogP contribution >= 0.6 is 0 Å². The van der Waals surface area contributed by atoms with Crippen LogP contribution in [0.5, 0.6) is 0 Å². The lowest BCUT2D eigenvalue weighted by atomic mass is 9.92. The zero-order valence-electron chi connectivity index (χ0n) is 18.3. The van der Waals surface area contributed by atoms with Crippen LogP contribution in [0, 0.1) is 0 Å². The van der Waals surface area contributed by atoms with Crippen molar-refractivity contribution in [2.45, 2.75) is 11.1 Å². The first-order chi connectivity index (χ1) is 16.8. The lowest BCUT2D eigenvalue weighted by Crippen LogP contribution is -2.06. The number of rotatable bonds is 5. The van der Waals surface area contributed by atoms with E-state index in [-0.39, 0.29) is 0 Å². The second kappa shape index (κ2) is 8.95. The summed E-state index contributed by atoms with van der Waals surface area (Å²) in [5.74, 6) is 0.428. The molecule has 5 rings (SSSR count). The van der Waals surface area contributed by atoms with E-state index in [1.165, 1.54) is 12.4 Å². The maximum Gasteiger partial charge on any atom is 0.416 e. The molecule has 0 aliphatic rings. The minimum Gasteiger partial charge on any atom is -0.334 e. The van der Waals surface area contributed by atoms with Gasteiger partial charge in [-0.05, 0) is 52.2 Å². The van der Waals surface area contributed by atoms with Crippen molar-refractivity contribution in [1.29, 1.82) is 0 Å². The average molecular weight is 494 g/mol. The number of aromatic nitrogens is 4. The fourth-order valence-corrected chi connectivity index (χ4v) is 4.76. The quantitative estimate of drug-likeness (QED) is 0.333. The molecule has 0 spiro atoms. The van der Waals surface area contributed by atoms with E-state index >= 15 is 0 Å². The van der Waals surface area contributed by atoms with Gasteiger partial charge in [0.15, 0.2) is 11.0 Å². The molecule has 5 aromatic rings. The molecule has 0 saturated carbocycles. The van der Waals surface area contributed by atoms with Gasteiger partial charge in [0.1, 0.15) is 12.1 Å². The van der Waals surface area contributed by atoms with Gasteiger partial charge in [-0.3, -0.25) is 4.72 Å². The molecule has 6 nitrogen and oxygen atoms in total. The third kappa shape index (κ3) is 4.52. The highest BCUT2D eigenvalue weighted by atomic mass is 32.2. The highest BCUT2D eigenvalue weighted by Gasteiger charge is 2.31. The van der Waals surface area contributed by atoms with Crippen LogP contribution in [0.3, 0.4) is 0 Å². The zero-order valence-corrected chi connectivity index (χ0v) is 19.1. The van der Waals surface area contributed by atoms with Crippen LogP contribution in [0.2, 0.25) is 0 Å². The molecule has 0 bridgehead atoms. The fraction of sp³-hybridized carbons (Fsp3) is 0.0800. The van der Waals surface area contributed by atoms with E-state index in [9.17, 15) is 17.4 Å². The van der Waals surface area contributed by atoms with Crippen molar-refractivity contribution in [1.82, 2.24) is 19.5 Å². The Morgan fingerprint density at radius 3 is 2.51 bits per heavy atom. The molecule has 35 heavy (non-hydrogen) atoms. The Hall–Kier alpha value is -4.05. The van der Waals surface area contributed by atoms with Gasteiger partial charge in [-0.25, -0.2) is 19.2 Å². The van der Waals surface area contributed by atoms with Gasteiger partial charge in [0.2, 0.25) is 0 Å². The van der Waals surface area contributed by atoms with E-state index in [0.29, 0.717) is 27.5 Å². The summed E-state index contributed by atoms with van der Waals surface area (Å²) < 4.78 is 57.9. The van der Waals surface area contributed by atoms with Crippen molar-refractivity contribution in [2.24, 2.45) is 7.05 Å². The Morgan fingerprint density at radius 1 is 0.943 bits per heavy atom. The molecule has 2 heterocycles. The molecule has 0 amide bonds. The van der Waals surface area contributed by atoms with Crippen molar-refractivity contribution in [3.63, 3.8) is 0 Å². The summed E-state index contributed by atoms with van der Waals surface area (Å²) in [6.45, 7) is 0. The Labute approximate surface area is 201 Å². The largest absolute Gasteiger partial charge is 0.416 e. The number of alkyl halides is 3. The number of fused-ring (bicyclic) bond motifs is 1. The van der Waals surface area contributed by atoms with Crippen LogP contribution in [-0.4, -0.2) is 23.7 Å². The second-order valence-corrected chi connectivity index (χ2v) is 9.01. The van der Waals surface area contributed by atoms with Crippen LogP contribution < -0.4 is 4.72 Å². The highest BCUT2D eigenvalue weighted by molar-refractivity contribution is 7.86. The van der Waals surface area contributed by atoms with Gasteiger partial charge >= 0.3 is 6.18 Å². The van der Waals surface area contributed by atoms with Crippen LogP contribution in [0.25, 0.3) is 33.2 Å². The maximum atomic E-state index is 13.5. The lowest BCUT2D eigenvalue weighted by molar-refractivity contribution is -0.137. The predicted molar refractivity (Wildman–Crippen MR) is 129 cm³/mol. The highest BCUT2D eigenvalue weighted by Crippen LogP contribution is 2.40. The number of nitrogens with zero attached hydrogens (tertiary/aromatic N) is 4. The van der Waals surface area contributed by atoms with E-state index < -0.39 is 22.7 Å². The van der Waals surface area contributed by atoms with Crippen molar-refractivity contribution >= 4 is 27.6 Å². The standard InChI is InChI=1S/C25H18F3N5OS/c1-33-15-30-13-23(33)22-12-17(25(26,27)28)5-7-21(22)20-4-2-3-16-11-18(6-8-19(16)20)35(34)32-24-9-10-29-14-31-24/h2-15H,1H3,(H,29,31,32). The van der Waals surface area contributed by atoms with E-state index in [4.69, 9.17) is 0 Å². The molecular weight excluding hydrogens is 475 g/mol. The smallest absolute Gasteiger partial charge is 0.334 e. The topological polar surface area (TPSA) is 72.7 Å². The van der Waals surface area contributed by atoms with E-state index in [2.05, 4.69) is 19.7 Å². The SMILES string of the molecule is Cn1cncc1-c1cc(C(F)(F)F)ccc1-c1cccc2cc(S(=O)Nc3ccncn3)ccc12. The lowest BCUT2D eigenvalue weighted by Gasteiger charge is -2.16. The molecule has 1 N–H and O–H groups in total. The summed E-state index contributed by atoms with van der Waals surface area (Å²) in [6.07, 6.45) is 1.53. The number of imidazole rings is 1. The Morgan fingerprint density at radius 2 is 1.80 bits per heavy atom. The maximum absolute atomic E-state index is 13.5. The van der Waals surface area contributed by atoms with E-state index in [0.717, 1.165) is 28.5 Å². The Kier molecular flexibility index (Phi) is 5.81. The molecule has 1 unspecified atom stereocenters. The number of aryl methyl sites for hydroxylation is 1. The average Bonchev–Trinajstić information content (AvgIpc) is 3.28. The number of benzene rings is 3. The normalized spacial score (nSPS) is 12.6. The first-order valence-corrected chi connectivity index (χ1v) is 11.6. The molecule has 3 aromatic carbocycles. The van der Waals surface area contributed by atoms with Gasteiger partial charge in [0.05, 0.1) is 28.7 Å².